The van der Waals surface area contributed by atoms with Gasteiger partial charge in [-0.05, 0) is 36.2 Å². The Kier molecular flexibility index (Phi) is 6.51. The first-order chi connectivity index (χ1) is 16.3. The zero-order chi connectivity index (χ0) is 24.3. The number of esters is 1. The van der Waals surface area contributed by atoms with Gasteiger partial charge in [-0.1, -0.05) is 54.6 Å². The number of aryl methyl sites for hydroxylation is 1. The maximum Gasteiger partial charge on any atom is 0.339 e. The molecule has 0 aliphatic rings. The van der Waals surface area contributed by atoms with Gasteiger partial charge in [-0.3, -0.25) is 4.79 Å². The summed E-state index contributed by atoms with van der Waals surface area (Å²) in [7, 11) is -2.40. The first-order valence-corrected chi connectivity index (χ1v) is 12.3. The van der Waals surface area contributed by atoms with Crippen molar-refractivity contribution in [3.8, 4) is 0 Å². The summed E-state index contributed by atoms with van der Waals surface area (Å²) >= 11 is 0. The van der Waals surface area contributed by atoms with E-state index < -0.39 is 21.7 Å². The first-order valence-electron chi connectivity index (χ1n) is 10.6. The highest BCUT2D eigenvalue weighted by Crippen LogP contribution is 2.29. The summed E-state index contributed by atoms with van der Waals surface area (Å²) in [5, 5.41) is 3.28. The normalized spacial score (nSPS) is 11.4. The van der Waals surface area contributed by atoms with E-state index in [2.05, 4.69) is 5.32 Å². The number of hydrogen-bond donors (Lipinski definition) is 1. The van der Waals surface area contributed by atoms with Gasteiger partial charge in [-0.25, -0.2) is 13.2 Å². The molecule has 0 atom stereocenters. The van der Waals surface area contributed by atoms with Crippen LogP contribution in [0, 0.1) is 6.92 Å². The van der Waals surface area contributed by atoms with Crippen LogP contribution in [-0.2, 0) is 31.7 Å². The monoisotopic (exact) mass is 476 g/mol. The molecule has 0 aliphatic carbocycles. The van der Waals surface area contributed by atoms with Crippen LogP contribution >= 0.6 is 0 Å². The number of carbonyl (C=O) groups is 2. The molecule has 1 amide bonds. The van der Waals surface area contributed by atoms with Crippen LogP contribution in [0.1, 0.15) is 21.5 Å². The number of nitrogens with zero attached hydrogens (tertiary/aromatic N) is 1. The SMILES string of the molecule is COC(=O)c1ccccc1NC(=O)Cn1cc(S(=O)(=O)Cc2ccccc2C)c2ccccc21. The van der Waals surface area contributed by atoms with E-state index >= 15 is 0 Å². The second kappa shape index (κ2) is 9.52. The summed E-state index contributed by atoms with van der Waals surface area (Å²) in [4.78, 5) is 25.0. The maximum atomic E-state index is 13.3. The third-order valence-corrected chi connectivity index (χ3v) is 7.30. The van der Waals surface area contributed by atoms with Crippen LogP contribution in [0.4, 0.5) is 5.69 Å². The molecule has 1 aromatic heterocycles. The molecule has 0 bridgehead atoms. The fourth-order valence-corrected chi connectivity index (χ4v) is 5.56. The van der Waals surface area contributed by atoms with Gasteiger partial charge in [0.25, 0.3) is 0 Å². The molecule has 4 rings (SSSR count). The molecule has 0 radical (unpaired) electrons. The van der Waals surface area contributed by atoms with E-state index in [4.69, 9.17) is 4.74 Å². The van der Waals surface area contributed by atoms with E-state index in [0.29, 0.717) is 16.6 Å². The molecular formula is C26H24N2O5S. The van der Waals surface area contributed by atoms with E-state index in [1.165, 1.54) is 13.3 Å². The lowest BCUT2D eigenvalue weighted by Crippen LogP contribution is -2.20. The zero-order valence-corrected chi connectivity index (χ0v) is 19.6. The van der Waals surface area contributed by atoms with Gasteiger partial charge in [0.1, 0.15) is 6.54 Å². The van der Waals surface area contributed by atoms with Gasteiger partial charge in [0, 0.05) is 17.1 Å². The molecule has 7 nitrogen and oxygen atoms in total. The smallest absolute Gasteiger partial charge is 0.339 e. The van der Waals surface area contributed by atoms with E-state index in [1.54, 1.807) is 59.2 Å². The van der Waals surface area contributed by atoms with Crippen LogP contribution in [0.2, 0.25) is 0 Å². The van der Waals surface area contributed by atoms with Gasteiger partial charge >= 0.3 is 5.97 Å². The summed E-state index contributed by atoms with van der Waals surface area (Å²) < 4.78 is 33.1. The number of ether oxygens (including phenoxy) is 1. The Morgan fingerprint density at radius 3 is 2.38 bits per heavy atom. The Morgan fingerprint density at radius 2 is 1.62 bits per heavy atom. The average Bonchev–Trinajstić information content (AvgIpc) is 3.19. The summed E-state index contributed by atoms with van der Waals surface area (Å²) in [5.74, 6) is -1.10. The summed E-state index contributed by atoms with van der Waals surface area (Å²) in [5.41, 5.74) is 2.82. The number of methoxy groups -OCH3 is 1. The van der Waals surface area contributed by atoms with E-state index in [1.807, 2.05) is 25.1 Å². The Balaban J connectivity index is 1.65. The minimum atomic E-state index is -3.67. The number of amides is 1. The van der Waals surface area contributed by atoms with Crippen molar-refractivity contribution >= 4 is 38.3 Å². The molecule has 1 N–H and O–H groups in total. The molecular weight excluding hydrogens is 452 g/mol. The Bertz CT molecular complexity index is 1490. The van der Waals surface area contributed by atoms with Crippen molar-refractivity contribution in [2.24, 2.45) is 0 Å². The molecule has 8 heteroatoms. The van der Waals surface area contributed by atoms with Gasteiger partial charge in [0.2, 0.25) is 5.91 Å². The number of aromatic nitrogens is 1. The quantitative estimate of drug-likeness (QED) is 0.400. The summed E-state index contributed by atoms with van der Waals surface area (Å²) in [6.07, 6.45) is 1.50. The lowest BCUT2D eigenvalue weighted by molar-refractivity contribution is -0.116. The third kappa shape index (κ3) is 4.72. The third-order valence-electron chi connectivity index (χ3n) is 5.61. The van der Waals surface area contributed by atoms with Crippen molar-refractivity contribution in [2.45, 2.75) is 24.1 Å². The predicted octanol–water partition coefficient (Wildman–Crippen LogP) is 4.35. The standard InChI is InChI=1S/C26H24N2O5S/c1-18-9-3-4-10-19(18)17-34(31,32)24-15-28(23-14-8-6-12-21(23)24)16-25(29)27-22-13-7-5-11-20(22)26(30)33-2/h3-15H,16-17H2,1-2H3,(H,27,29). The maximum absolute atomic E-state index is 13.3. The molecule has 0 aliphatic heterocycles. The van der Waals surface area contributed by atoms with Crippen LogP contribution in [0.25, 0.3) is 10.9 Å². The van der Waals surface area contributed by atoms with Crippen molar-refractivity contribution in [2.75, 3.05) is 12.4 Å². The lowest BCUT2D eigenvalue weighted by Gasteiger charge is -2.10. The molecule has 3 aromatic carbocycles. The number of rotatable bonds is 7. The first kappa shape index (κ1) is 23.3. The van der Waals surface area contributed by atoms with E-state index in [9.17, 15) is 18.0 Å². The van der Waals surface area contributed by atoms with Gasteiger partial charge in [0.05, 0.1) is 29.0 Å². The molecule has 34 heavy (non-hydrogen) atoms. The van der Waals surface area contributed by atoms with Crippen molar-refractivity contribution < 1.29 is 22.7 Å². The molecule has 4 aromatic rings. The second-order valence-corrected chi connectivity index (χ2v) is 9.87. The largest absolute Gasteiger partial charge is 0.465 e. The molecule has 0 saturated carbocycles. The number of carbonyl (C=O) groups excluding carboxylic acids is 2. The molecule has 0 saturated heterocycles. The topological polar surface area (TPSA) is 94.5 Å². The van der Waals surface area contributed by atoms with Crippen LogP contribution in [0.15, 0.2) is 83.9 Å². The van der Waals surface area contributed by atoms with Crippen molar-refractivity contribution in [3.63, 3.8) is 0 Å². The highest BCUT2D eigenvalue weighted by molar-refractivity contribution is 7.90. The molecule has 0 fully saturated rings. The zero-order valence-electron chi connectivity index (χ0n) is 18.8. The fraction of sp³-hybridized carbons (Fsp3) is 0.154. The van der Waals surface area contributed by atoms with Crippen molar-refractivity contribution in [3.05, 3.63) is 95.7 Å². The Labute approximate surface area is 197 Å². The van der Waals surface area contributed by atoms with Gasteiger partial charge in [-0.15, -0.1) is 0 Å². The van der Waals surface area contributed by atoms with Crippen LogP contribution in [0.5, 0.6) is 0 Å². The number of hydrogen-bond acceptors (Lipinski definition) is 5. The summed E-state index contributed by atoms with van der Waals surface area (Å²) in [6, 6.07) is 21.0. The predicted molar refractivity (Wildman–Crippen MR) is 130 cm³/mol. The summed E-state index contributed by atoms with van der Waals surface area (Å²) in [6.45, 7) is 1.75. The van der Waals surface area contributed by atoms with Crippen LogP contribution in [0.3, 0.4) is 0 Å². The highest BCUT2D eigenvalue weighted by Gasteiger charge is 2.23. The minimum Gasteiger partial charge on any atom is -0.465 e. The Morgan fingerprint density at radius 1 is 0.941 bits per heavy atom. The fourth-order valence-electron chi connectivity index (χ4n) is 3.87. The molecule has 1 heterocycles. The van der Waals surface area contributed by atoms with Gasteiger partial charge in [-0.2, -0.15) is 0 Å². The number of benzene rings is 3. The van der Waals surface area contributed by atoms with Crippen LogP contribution in [-0.4, -0.2) is 32.0 Å². The molecule has 0 spiro atoms. The van der Waals surface area contributed by atoms with Crippen molar-refractivity contribution in [1.82, 2.24) is 4.57 Å². The number of anilines is 1. The second-order valence-electron chi connectivity index (χ2n) is 7.91. The molecule has 0 unspecified atom stereocenters. The number of fused-ring (bicyclic) bond motifs is 1. The average molecular weight is 477 g/mol. The minimum absolute atomic E-state index is 0.129. The van der Waals surface area contributed by atoms with Crippen molar-refractivity contribution in [1.29, 1.82) is 0 Å². The van der Waals surface area contributed by atoms with Gasteiger partial charge < -0.3 is 14.6 Å². The number of nitrogens with one attached hydrogen (secondary N) is 1. The van der Waals surface area contributed by atoms with E-state index in [-0.39, 0.29) is 22.8 Å². The Hall–Kier alpha value is -3.91. The lowest BCUT2D eigenvalue weighted by atomic mass is 10.1. The van der Waals surface area contributed by atoms with Crippen LogP contribution < -0.4 is 5.32 Å². The molecule has 174 valence electrons. The highest BCUT2D eigenvalue weighted by atomic mass is 32.2. The van der Waals surface area contributed by atoms with E-state index in [0.717, 1.165) is 11.1 Å². The number of para-hydroxylation sites is 2. The number of sulfone groups is 1. The van der Waals surface area contributed by atoms with Gasteiger partial charge in [0.15, 0.2) is 9.84 Å².